The fraction of sp³-hybridized carbons (Fsp3) is 0.400. The van der Waals surface area contributed by atoms with Gasteiger partial charge >= 0.3 is 6.18 Å². The fourth-order valence-electron chi connectivity index (χ4n) is 1.41. The van der Waals surface area contributed by atoms with Gasteiger partial charge in [-0.2, -0.15) is 13.2 Å². The summed E-state index contributed by atoms with van der Waals surface area (Å²) in [6, 6.07) is 1.83. The van der Waals surface area contributed by atoms with Crippen LogP contribution < -0.4 is 4.90 Å². The van der Waals surface area contributed by atoms with E-state index in [1.807, 2.05) is 0 Å². The van der Waals surface area contributed by atoms with Crippen molar-refractivity contribution in [2.75, 3.05) is 18.5 Å². The van der Waals surface area contributed by atoms with Crippen molar-refractivity contribution in [2.45, 2.75) is 12.1 Å². The summed E-state index contributed by atoms with van der Waals surface area (Å²) in [6.45, 7) is -1.43. The first-order valence-electron chi connectivity index (χ1n) is 4.56. The average Bonchev–Trinajstić information content (AvgIpc) is 2.13. The fourth-order valence-corrected chi connectivity index (χ4v) is 1.56. The van der Waals surface area contributed by atoms with Crippen molar-refractivity contribution in [1.82, 2.24) is 0 Å². The SMILES string of the molecule is CN(CC(F)(F)F)c1c(F)cc(CCl)cc1F. The van der Waals surface area contributed by atoms with Crippen LogP contribution in [0.5, 0.6) is 0 Å². The number of hydrogen-bond donors (Lipinski definition) is 0. The predicted octanol–water partition coefficient (Wildman–Crippen LogP) is 3.70. The quantitative estimate of drug-likeness (QED) is 0.599. The van der Waals surface area contributed by atoms with Gasteiger partial charge in [-0.05, 0) is 17.7 Å². The second kappa shape index (κ2) is 5.08. The lowest BCUT2D eigenvalue weighted by Gasteiger charge is -2.22. The minimum atomic E-state index is -4.53. The third kappa shape index (κ3) is 3.73. The topological polar surface area (TPSA) is 3.24 Å². The first-order valence-corrected chi connectivity index (χ1v) is 5.10. The molecule has 0 atom stereocenters. The Hall–Kier alpha value is -1.04. The van der Waals surface area contributed by atoms with Gasteiger partial charge in [0.2, 0.25) is 0 Å². The van der Waals surface area contributed by atoms with Crippen LogP contribution in [-0.2, 0) is 5.88 Å². The Bertz CT molecular complexity index is 381. The van der Waals surface area contributed by atoms with Gasteiger partial charge in [0, 0.05) is 12.9 Å². The lowest BCUT2D eigenvalue weighted by atomic mass is 10.2. The van der Waals surface area contributed by atoms with Crippen molar-refractivity contribution >= 4 is 17.3 Å². The van der Waals surface area contributed by atoms with Gasteiger partial charge in [0.05, 0.1) is 0 Å². The summed E-state index contributed by atoms with van der Waals surface area (Å²) >= 11 is 5.38. The molecule has 0 heterocycles. The molecule has 0 aliphatic heterocycles. The number of nitrogens with zero attached hydrogens (tertiary/aromatic N) is 1. The van der Waals surface area contributed by atoms with Gasteiger partial charge in [-0.15, -0.1) is 11.6 Å². The van der Waals surface area contributed by atoms with Crippen molar-refractivity contribution < 1.29 is 22.0 Å². The zero-order valence-corrected chi connectivity index (χ0v) is 9.54. The summed E-state index contributed by atoms with van der Waals surface area (Å²) in [4.78, 5) is 0.475. The van der Waals surface area contributed by atoms with E-state index in [1.165, 1.54) is 0 Å². The van der Waals surface area contributed by atoms with Gasteiger partial charge in [0.25, 0.3) is 0 Å². The van der Waals surface area contributed by atoms with Crippen LogP contribution in [0.2, 0.25) is 0 Å². The third-order valence-electron chi connectivity index (χ3n) is 2.03. The maximum absolute atomic E-state index is 13.4. The molecule has 1 aromatic carbocycles. The van der Waals surface area contributed by atoms with Crippen molar-refractivity contribution in [1.29, 1.82) is 0 Å². The van der Waals surface area contributed by atoms with Crippen molar-refractivity contribution in [2.24, 2.45) is 0 Å². The van der Waals surface area contributed by atoms with E-state index in [0.29, 0.717) is 4.90 Å². The minimum absolute atomic E-state index is 0.114. The third-order valence-corrected chi connectivity index (χ3v) is 2.34. The van der Waals surface area contributed by atoms with Gasteiger partial charge in [-0.25, -0.2) is 8.78 Å². The normalized spacial score (nSPS) is 11.7. The standard InChI is InChI=1S/C10H9ClF5N/c1-17(5-10(14,15)16)9-7(12)2-6(4-11)3-8(9)13/h2-3H,4-5H2,1H3. The number of halogens is 6. The Morgan fingerprint density at radius 2 is 1.65 bits per heavy atom. The molecule has 7 heteroatoms. The molecule has 0 bridgehead atoms. The molecule has 0 aliphatic rings. The van der Waals surface area contributed by atoms with E-state index in [1.54, 1.807) is 0 Å². The number of benzene rings is 1. The number of rotatable bonds is 3. The van der Waals surface area contributed by atoms with Crippen LogP contribution in [0, 0.1) is 11.6 Å². The van der Waals surface area contributed by atoms with E-state index in [-0.39, 0.29) is 11.4 Å². The smallest absolute Gasteiger partial charge is 0.361 e. The van der Waals surface area contributed by atoms with Crippen LogP contribution in [0.25, 0.3) is 0 Å². The van der Waals surface area contributed by atoms with Crippen molar-refractivity contribution in [3.8, 4) is 0 Å². The van der Waals surface area contributed by atoms with Crippen LogP contribution in [0.4, 0.5) is 27.6 Å². The van der Waals surface area contributed by atoms with Crippen molar-refractivity contribution in [3.05, 3.63) is 29.3 Å². The Balaban J connectivity index is 3.06. The van der Waals surface area contributed by atoms with Crippen LogP contribution in [-0.4, -0.2) is 19.8 Å². The summed E-state index contributed by atoms with van der Waals surface area (Å²) in [5.74, 6) is -2.24. The molecule has 0 unspecified atom stereocenters. The summed E-state index contributed by atoms with van der Waals surface area (Å²) in [6.07, 6.45) is -4.53. The van der Waals surface area contributed by atoms with Gasteiger partial charge in [0.15, 0.2) is 0 Å². The monoisotopic (exact) mass is 273 g/mol. The predicted molar refractivity (Wildman–Crippen MR) is 55.2 cm³/mol. The molecule has 0 radical (unpaired) electrons. The van der Waals surface area contributed by atoms with Gasteiger partial charge < -0.3 is 4.90 Å². The lowest BCUT2D eigenvalue weighted by Crippen LogP contribution is -2.32. The molecular weight excluding hydrogens is 265 g/mol. The Morgan fingerprint density at radius 3 is 2.00 bits per heavy atom. The van der Waals surface area contributed by atoms with E-state index in [0.717, 1.165) is 19.2 Å². The highest BCUT2D eigenvalue weighted by molar-refractivity contribution is 6.17. The zero-order valence-electron chi connectivity index (χ0n) is 8.78. The lowest BCUT2D eigenvalue weighted by molar-refractivity contribution is -0.119. The average molecular weight is 274 g/mol. The second-order valence-electron chi connectivity index (χ2n) is 3.51. The largest absolute Gasteiger partial charge is 0.405 e. The first kappa shape index (κ1) is 14.0. The van der Waals surface area contributed by atoms with Crippen LogP contribution in [0.3, 0.4) is 0 Å². The molecule has 0 fully saturated rings. The summed E-state index contributed by atoms with van der Waals surface area (Å²) < 4.78 is 63.1. The van der Waals surface area contributed by atoms with Crippen molar-refractivity contribution in [3.63, 3.8) is 0 Å². The first-order chi connectivity index (χ1) is 7.74. The molecule has 0 N–H and O–H groups in total. The van der Waals surface area contributed by atoms with Gasteiger partial charge in [-0.1, -0.05) is 0 Å². The molecule has 0 saturated carbocycles. The Kier molecular flexibility index (Phi) is 4.19. The Morgan fingerprint density at radius 1 is 1.18 bits per heavy atom. The Labute approximate surface area is 99.8 Å². The summed E-state index contributed by atoms with van der Waals surface area (Å²) in [7, 11) is 0.968. The molecular formula is C10H9ClF5N. The van der Waals surface area contributed by atoms with E-state index in [4.69, 9.17) is 11.6 Å². The van der Waals surface area contributed by atoms with E-state index in [2.05, 4.69) is 0 Å². The van der Waals surface area contributed by atoms with Gasteiger partial charge in [0.1, 0.15) is 23.9 Å². The minimum Gasteiger partial charge on any atom is -0.361 e. The summed E-state index contributed by atoms with van der Waals surface area (Å²) in [5, 5.41) is 0. The molecule has 96 valence electrons. The zero-order chi connectivity index (χ0) is 13.2. The molecule has 1 nitrogen and oxygen atoms in total. The summed E-state index contributed by atoms with van der Waals surface area (Å²) in [5.41, 5.74) is -0.540. The highest BCUT2D eigenvalue weighted by Crippen LogP contribution is 2.27. The van der Waals surface area contributed by atoms with Crippen LogP contribution >= 0.6 is 11.6 Å². The highest BCUT2D eigenvalue weighted by atomic mass is 35.5. The number of hydrogen-bond acceptors (Lipinski definition) is 1. The molecule has 1 aromatic rings. The van der Waals surface area contributed by atoms with E-state index in [9.17, 15) is 22.0 Å². The molecule has 0 saturated heterocycles. The van der Waals surface area contributed by atoms with E-state index < -0.39 is 30.0 Å². The number of alkyl halides is 4. The van der Waals surface area contributed by atoms with Crippen LogP contribution in [0.15, 0.2) is 12.1 Å². The molecule has 1 rings (SSSR count). The molecule has 0 aliphatic carbocycles. The second-order valence-corrected chi connectivity index (χ2v) is 3.78. The van der Waals surface area contributed by atoms with E-state index >= 15 is 0 Å². The molecule has 0 amide bonds. The highest BCUT2D eigenvalue weighted by Gasteiger charge is 2.31. The van der Waals surface area contributed by atoms with Gasteiger partial charge in [-0.3, -0.25) is 0 Å². The molecule has 0 aromatic heterocycles. The maximum Gasteiger partial charge on any atom is 0.405 e. The van der Waals surface area contributed by atoms with Crippen LogP contribution in [0.1, 0.15) is 5.56 Å². The molecule has 0 spiro atoms. The number of anilines is 1. The molecule has 17 heavy (non-hydrogen) atoms. The maximum atomic E-state index is 13.4.